The van der Waals surface area contributed by atoms with Crippen molar-refractivity contribution in [3.05, 3.63) is 59.7 Å². The SMILES string of the molecule is CCOC(=O)c1cccc(S(=O)(=O)N(CC)Cc2ccc(N(C)C)cc2)c1. The Labute approximate surface area is 161 Å². The Kier molecular flexibility index (Phi) is 6.98. The summed E-state index contributed by atoms with van der Waals surface area (Å²) in [6.07, 6.45) is 0. The molecular weight excluding hydrogens is 364 g/mol. The first-order chi connectivity index (χ1) is 12.8. The van der Waals surface area contributed by atoms with Crippen LogP contribution in [-0.2, 0) is 21.3 Å². The molecule has 0 unspecified atom stereocenters. The fourth-order valence-corrected chi connectivity index (χ4v) is 4.10. The molecule has 0 radical (unpaired) electrons. The summed E-state index contributed by atoms with van der Waals surface area (Å²) in [7, 11) is 0.174. The highest BCUT2D eigenvalue weighted by Gasteiger charge is 2.24. The molecular formula is C20H26N2O4S. The molecule has 27 heavy (non-hydrogen) atoms. The number of carbonyl (C=O) groups is 1. The van der Waals surface area contributed by atoms with Crippen LogP contribution in [-0.4, -0.2) is 45.9 Å². The van der Waals surface area contributed by atoms with Crippen LogP contribution in [0.1, 0.15) is 29.8 Å². The zero-order valence-electron chi connectivity index (χ0n) is 16.2. The van der Waals surface area contributed by atoms with Gasteiger partial charge in [0.15, 0.2) is 0 Å². The van der Waals surface area contributed by atoms with Crippen molar-refractivity contribution in [3.8, 4) is 0 Å². The van der Waals surface area contributed by atoms with Crippen LogP contribution in [0.5, 0.6) is 0 Å². The third-order valence-corrected chi connectivity index (χ3v) is 6.06. The molecule has 0 amide bonds. The van der Waals surface area contributed by atoms with Crippen molar-refractivity contribution in [2.75, 3.05) is 32.1 Å². The Hall–Kier alpha value is -2.38. The Morgan fingerprint density at radius 2 is 1.70 bits per heavy atom. The molecule has 7 heteroatoms. The summed E-state index contributed by atoms with van der Waals surface area (Å²) in [6, 6.07) is 13.7. The van der Waals surface area contributed by atoms with Gasteiger partial charge >= 0.3 is 5.97 Å². The van der Waals surface area contributed by atoms with Crippen molar-refractivity contribution in [1.29, 1.82) is 0 Å². The fraction of sp³-hybridized carbons (Fsp3) is 0.350. The molecule has 0 spiro atoms. The lowest BCUT2D eigenvalue weighted by atomic mass is 10.2. The van der Waals surface area contributed by atoms with E-state index in [0.29, 0.717) is 6.54 Å². The van der Waals surface area contributed by atoms with Crippen LogP contribution in [0.15, 0.2) is 53.4 Å². The number of hydrogen-bond donors (Lipinski definition) is 0. The van der Waals surface area contributed by atoms with Crippen molar-refractivity contribution in [3.63, 3.8) is 0 Å². The first-order valence-electron chi connectivity index (χ1n) is 8.83. The molecule has 0 aliphatic rings. The zero-order valence-corrected chi connectivity index (χ0v) is 17.0. The number of sulfonamides is 1. The van der Waals surface area contributed by atoms with E-state index in [2.05, 4.69) is 0 Å². The van der Waals surface area contributed by atoms with Crippen molar-refractivity contribution >= 4 is 21.7 Å². The Morgan fingerprint density at radius 1 is 1.04 bits per heavy atom. The lowest BCUT2D eigenvalue weighted by Gasteiger charge is -2.21. The van der Waals surface area contributed by atoms with Crippen molar-refractivity contribution in [2.45, 2.75) is 25.3 Å². The number of rotatable bonds is 8. The van der Waals surface area contributed by atoms with Crippen LogP contribution in [0, 0.1) is 0 Å². The quantitative estimate of drug-likeness (QED) is 0.648. The molecule has 0 aromatic heterocycles. The topological polar surface area (TPSA) is 66.9 Å². The Morgan fingerprint density at radius 3 is 2.26 bits per heavy atom. The van der Waals surface area contributed by atoms with Crippen LogP contribution in [0.3, 0.4) is 0 Å². The zero-order chi connectivity index (χ0) is 20.0. The van der Waals surface area contributed by atoms with Gasteiger partial charge in [-0.1, -0.05) is 25.1 Å². The summed E-state index contributed by atoms with van der Waals surface area (Å²) in [5.74, 6) is -0.531. The minimum absolute atomic E-state index is 0.0832. The number of nitrogens with zero attached hydrogens (tertiary/aromatic N) is 2. The molecule has 6 nitrogen and oxygen atoms in total. The average molecular weight is 391 g/mol. The van der Waals surface area contributed by atoms with Gasteiger partial charge in [0.1, 0.15) is 0 Å². The molecule has 0 saturated heterocycles. The smallest absolute Gasteiger partial charge is 0.338 e. The summed E-state index contributed by atoms with van der Waals surface area (Å²) in [4.78, 5) is 14.0. The van der Waals surface area contributed by atoms with Gasteiger partial charge in [-0.05, 0) is 42.8 Å². The molecule has 0 saturated carbocycles. The fourth-order valence-electron chi connectivity index (χ4n) is 2.62. The molecule has 0 aliphatic carbocycles. The summed E-state index contributed by atoms with van der Waals surface area (Å²) in [5.41, 5.74) is 2.17. The number of esters is 1. The third-order valence-electron chi connectivity index (χ3n) is 4.15. The lowest BCUT2D eigenvalue weighted by Crippen LogP contribution is -2.30. The second kappa shape index (κ2) is 9.01. The van der Waals surface area contributed by atoms with Gasteiger partial charge in [-0.2, -0.15) is 4.31 Å². The van der Waals surface area contributed by atoms with Crippen LogP contribution in [0.2, 0.25) is 0 Å². The van der Waals surface area contributed by atoms with Gasteiger partial charge in [0.2, 0.25) is 10.0 Å². The van der Waals surface area contributed by atoms with Crippen molar-refractivity contribution in [2.24, 2.45) is 0 Å². The second-order valence-electron chi connectivity index (χ2n) is 6.24. The molecule has 2 aromatic carbocycles. The molecule has 2 rings (SSSR count). The number of carbonyl (C=O) groups excluding carboxylic acids is 1. The van der Waals surface area contributed by atoms with Gasteiger partial charge in [-0.3, -0.25) is 0 Å². The minimum Gasteiger partial charge on any atom is -0.462 e. The van der Waals surface area contributed by atoms with Gasteiger partial charge < -0.3 is 9.64 Å². The summed E-state index contributed by atoms with van der Waals surface area (Å²) >= 11 is 0. The lowest BCUT2D eigenvalue weighted by molar-refractivity contribution is 0.0526. The first kappa shape index (κ1) is 20.9. The van der Waals surface area contributed by atoms with Crippen LogP contribution < -0.4 is 4.90 Å². The maximum absolute atomic E-state index is 13.0. The average Bonchev–Trinajstić information content (AvgIpc) is 2.66. The third kappa shape index (κ3) is 5.08. The van der Waals surface area contributed by atoms with E-state index in [9.17, 15) is 13.2 Å². The second-order valence-corrected chi connectivity index (χ2v) is 8.18. The highest BCUT2D eigenvalue weighted by molar-refractivity contribution is 7.89. The van der Waals surface area contributed by atoms with E-state index in [-0.39, 0.29) is 23.6 Å². The molecule has 0 fully saturated rings. The maximum Gasteiger partial charge on any atom is 0.338 e. The number of benzene rings is 2. The minimum atomic E-state index is -3.73. The van der Waals surface area contributed by atoms with E-state index >= 15 is 0 Å². The number of ether oxygens (including phenoxy) is 1. The monoisotopic (exact) mass is 390 g/mol. The van der Waals surface area contributed by atoms with Gasteiger partial charge in [-0.15, -0.1) is 0 Å². The molecule has 2 aromatic rings. The predicted molar refractivity (Wildman–Crippen MR) is 106 cm³/mol. The van der Waals surface area contributed by atoms with E-state index < -0.39 is 16.0 Å². The predicted octanol–water partition coefficient (Wildman–Crippen LogP) is 3.14. The van der Waals surface area contributed by atoms with E-state index in [1.165, 1.54) is 16.4 Å². The number of hydrogen-bond acceptors (Lipinski definition) is 5. The van der Waals surface area contributed by atoms with Crippen LogP contribution >= 0.6 is 0 Å². The standard InChI is InChI=1S/C20H26N2O4S/c1-5-22(15-16-10-12-18(13-11-16)21(3)4)27(24,25)19-9-7-8-17(14-19)20(23)26-6-2/h7-14H,5-6,15H2,1-4H3. The molecule has 0 heterocycles. The van der Waals surface area contributed by atoms with Gasteiger partial charge in [0.25, 0.3) is 0 Å². The highest BCUT2D eigenvalue weighted by atomic mass is 32.2. The molecule has 0 N–H and O–H groups in total. The molecule has 0 atom stereocenters. The summed E-state index contributed by atoms with van der Waals surface area (Å²) < 4.78 is 32.4. The molecule has 0 bridgehead atoms. The van der Waals surface area contributed by atoms with E-state index in [0.717, 1.165) is 11.3 Å². The van der Waals surface area contributed by atoms with Gasteiger partial charge in [-0.25, -0.2) is 13.2 Å². The Balaban J connectivity index is 2.27. The highest BCUT2D eigenvalue weighted by Crippen LogP contribution is 2.21. The van der Waals surface area contributed by atoms with E-state index in [1.54, 1.807) is 26.0 Å². The van der Waals surface area contributed by atoms with Crippen LogP contribution in [0.4, 0.5) is 5.69 Å². The summed E-state index contributed by atoms with van der Waals surface area (Å²) in [6.45, 7) is 4.32. The largest absolute Gasteiger partial charge is 0.462 e. The van der Waals surface area contributed by atoms with Gasteiger partial charge in [0, 0.05) is 32.9 Å². The Bertz CT molecular complexity index is 877. The maximum atomic E-state index is 13.0. The van der Waals surface area contributed by atoms with E-state index in [1.807, 2.05) is 43.3 Å². The van der Waals surface area contributed by atoms with Crippen LogP contribution in [0.25, 0.3) is 0 Å². The summed E-state index contributed by atoms with van der Waals surface area (Å²) in [5, 5.41) is 0. The van der Waals surface area contributed by atoms with Gasteiger partial charge in [0.05, 0.1) is 17.1 Å². The molecule has 0 aliphatic heterocycles. The molecule has 146 valence electrons. The van der Waals surface area contributed by atoms with Crippen molar-refractivity contribution in [1.82, 2.24) is 4.31 Å². The number of anilines is 1. The van der Waals surface area contributed by atoms with Crippen molar-refractivity contribution < 1.29 is 17.9 Å². The first-order valence-corrected chi connectivity index (χ1v) is 10.3. The normalized spacial score (nSPS) is 11.4. The van der Waals surface area contributed by atoms with E-state index in [4.69, 9.17) is 4.74 Å².